The molecule has 0 aliphatic heterocycles. The van der Waals surface area contributed by atoms with Crippen molar-refractivity contribution in [3.8, 4) is 5.75 Å². The van der Waals surface area contributed by atoms with E-state index < -0.39 is 23.3 Å². The summed E-state index contributed by atoms with van der Waals surface area (Å²) in [5.74, 6) is -1.48. The second-order valence-corrected chi connectivity index (χ2v) is 5.33. The number of carbonyl (C=O) groups is 2. The van der Waals surface area contributed by atoms with Crippen molar-refractivity contribution in [2.45, 2.75) is 0 Å². The molecule has 0 aliphatic rings. The van der Waals surface area contributed by atoms with Crippen LogP contribution in [0.3, 0.4) is 0 Å². The fourth-order valence-electron chi connectivity index (χ4n) is 1.74. The number of nitrogens with one attached hydrogen (secondary N) is 1. The number of halogens is 2. The van der Waals surface area contributed by atoms with E-state index in [9.17, 15) is 19.7 Å². The van der Waals surface area contributed by atoms with Gasteiger partial charge in [-0.1, -0.05) is 41.4 Å². The number of benzene rings is 2. The minimum absolute atomic E-state index is 0.183. The van der Waals surface area contributed by atoms with Crippen molar-refractivity contribution < 1.29 is 19.2 Å². The molecule has 0 saturated heterocycles. The highest BCUT2D eigenvalue weighted by Gasteiger charge is 2.18. The molecule has 9 heteroatoms. The van der Waals surface area contributed by atoms with Crippen LogP contribution in [0.25, 0.3) is 0 Å². The zero-order valence-corrected chi connectivity index (χ0v) is 13.5. The lowest BCUT2D eigenvalue weighted by Gasteiger charge is -2.09. The van der Waals surface area contributed by atoms with Crippen LogP contribution in [0.2, 0.25) is 10.0 Å². The molecule has 2 rings (SSSR count). The second kappa shape index (κ2) is 7.76. The van der Waals surface area contributed by atoms with Gasteiger partial charge in [-0.25, -0.2) is 4.79 Å². The lowest BCUT2D eigenvalue weighted by molar-refractivity contribution is -0.384. The number of nitro groups is 1. The Balaban J connectivity index is 2.00. The average molecular weight is 369 g/mol. The van der Waals surface area contributed by atoms with Crippen LogP contribution in [0, 0.1) is 10.1 Å². The summed E-state index contributed by atoms with van der Waals surface area (Å²) < 4.78 is 4.96. The predicted molar refractivity (Wildman–Crippen MR) is 87.5 cm³/mol. The van der Waals surface area contributed by atoms with Gasteiger partial charge in [0, 0.05) is 17.7 Å². The molecular weight excluding hydrogens is 359 g/mol. The fourth-order valence-corrected chi connectivity index (χ4v) is 2.30. The molecule has 1 amide bonds. The van der Waals surface area contributed by atoms with E-state index in [1.807, 2.05) is 0 Å². The molecule has 24 heavy (non-hydrogen) atoms. The molecule has 0 spiro atoms. The van der Waals surface area contributed by atoms with Crippen molar-refractivity contribution in [2.75, 3.05) is 6.54 Å². The number of carbonyl (C=O) groups excluding carboxylic acids is 2. The Morgan fingerprint density at radius 2 is 1.71 bits per heavy atom. The topological polar surface area (TPSA) is 98.5 Å². The van der Waals surface area contributed by atoms with Crippen LogP contribution in [0.4, 0.5) is 5.69 Å². The van der Waals surface area contributed by atoms with Gasteiger partial charge < -0.3 is 10.1 Å². The molecule has 0 saturated carbocycles. The largest absolute Gasteiger partial charge is 0.422 e. The summed E-state index contributed by atoms with van der Waals surface area (Å²) in [5, 5.41) is 12.7. The first-order valence-electron chi connectivity index (χ1n) is 6.56. The lowest BCUT2D eigenvalue weighted by Crippen LogP contribution is -2.31. The smallest absolute Gasteiger partial charge is 0.330 e. The molecule has 0 heterocycles. The summed E-state index contributed by atoms with van der Waals surface area (Å²) in [5.41, 5.74) is 0.0545. The molecular formula is C15H10Cl2N2O5. The van der Waals surface area contributed by atoms with E-state index in [0.717, 1.165) is 12.1 Å². The number of rotatable bonds is 5. The fraction of sp³-hybridized carbons (Fsp3) is 0.0667. The van der Waals surface area contributed by atoms with Gasteiger partial charge in [-0.05, 0) is 12.1 Å². The molecule has 0 radical (unpaired) electrons. The monoisotopic (exact) mass is 368 g/mol. The Morgan fingerprint density at radius 3 is 2.25 bits per heavy atom. The Hall–Kier alpha value is -2.64. The van der Waals surface area contributed by atoms with Gasteiger partial charge in [-0.15, -0.1) is 0 Å². The highest BCUT2D eigenvalue weighted by Crippen LogP contribution is 2.36. The molecule has 0 unspecified atom stereocenters. The number of nitrogens with zero attached hydrogens (tertiary/aromatic N) is 1. The number of hydrogen-bond acceptors (Lipinski definition) is 5. The maximum Gasteiger partial charge on any atom is 0.330 e. The van der Waals surface area contributed by atoms with E-state index in [1.54, 1.807) is 30.3 Å². The number of esters is 1. The van der Waals surface area contributed by atoms with Gasteiger partial charge in [0.2, 0.25) is 0 Å². The SMILES string of the molecule is O=C(CNC(=O)c1ccccc1)Oc1c(Cl)cc([N+](=O)[O-])cc1Cl. The summed E-state index contributed by atoms with van der Waals surface area (Å²) in [6.45, 7) is -0.419. The summed E-state index contributed by atoms with van der Waals surface area (Å²) in [7, 11) is 0. The van der Waals surface area contributed by atoms with Crippen LogP contribution in [0.15, 0.2) is 42.5 Å². The zero-order valence-electron chi connectivity index (χ0n) is 12.0. The summed E-state index contributed by atoms with van der Waals surface area (Å²) in [6, 6.07) is 10.3. The van der Waals surface area contributed by atoms with Gasteiger partial charge in [0.1, 0.15) is 6.54 Å². The molecule has 2 aromatic carbocycles. The van der Waals surface area contributed by atoms with Crippen LogP contribution >= 0.6 is 23.2 Å². The van der Waals surface area contributed by atoms with E-state index in [2.05, 4.69) is 5.32 Å². The molecule has 0 aliphatic carbocycles. The van der Waals surface area contributed by atoms with E-state index in [4.69, 9.17) is 27.9 Å². The van der Waals surface area contributed by atoms with Gasteiger partial charge >= 0.3 is 5.97 Å². The Bertz CT molecular complexity index is 773. The first-order valence-corrected chi connectivity index (χ1v) is 7.31. The lowest BCUT2D eigenvalue weighted by atomic mass is 10.2. The molecule has 1 N–H and O–H groups in total. The highest BCUT2D eigenvalue weighted by atomic mass is 35.5. The van der Waals surface area contributed by atoms with Gasteiger partial charge in [0.25, 0.3) is 11.6 Å². The number of nitro benzene ring substituents is 1. The molecule has 0 atom stereocenters. The van der Waals surface area contributed by atoms with Crippen molar-refractivity contribution in [1.82, 2.24) is 5.32 Å². The minimum Gasteiger partial charge on any atom is -0.422 e. The third kappa shape index (κ3) is 4.43. The van der Waals surface area contributed by atoms with Crippen LogP contribution in [-0.2, 0) is 4.79 Å². The standard InChI is InChI=1S/C15H10Cl2N2O5/c16-11-6-10(19(22)23)7-12(17)14(11)24-13(20)8-18-15(21)9-4-2-1-3-5-9/h1-7H,8H2,(H,18,21). The number of ether oxygens (including phenoxy) is 1. The maximum atomic E-state index is 11.8. The molecule has 0 aromatic heterocycles. The quantitative estimate of drug-likeness (QED) is 0.378. The van der Waals surface area contributed by atoms with Crippen LogP contribution < -0.4 is 10.1 Å². The van der Waals surface area contributed by atoms with Crippen molar-refractivity contribution in [3.63, 3.8) is 0 Å². The van der Waals surface area contributed by atoms with Gasteiger partial charge in [-0.3, -0.25) is 14.9 Å². The molecule has 0 bridgehead atoms. The Morgan fingerprint density at radius 1 is 1.12 bits per heavy atom. The third-order valence-electron chi connectivity index (χ3n) is 2.84. The second-order valence-electron chi connectivity index (χ2n) is 4.52. The van der Waals surface area contributed by atoms with Gasteiger partial charge in [0.15, 0.2) is 5.75 Å². The number of non-ortho nitro benzene ring substituents is 1. The van der Waals surface area contributed by atoms with Crippen LogP contribution in [-0.4, -0.2) is 23.3 Å². The molecule has 0 fully saturated rings. The van der Waals surface area contributed by atoms with E-state index >= 15 is 0 Å². The number of amides is 1. The van der Waals surface area contributed by atoms with Gasteiger partial charge in [-0.2, -0.15) is 0 Å². The first-order chi connectivity index (χ1) is 11.4. The maximum absolute atomic E-state index is 11.8. The van der Waals surface area contributed by atoms with E-state index in [-0.39, 0.29) is 21.5 Å². The van der Waals surface area contributed by atoms with Crippen molar-refractivity contribution >= 4 is 40.8 Å². The third-order valence-corrected chi connectivity index (χ3v) is 3.40. The predicted octanol–water partition coefficient (Wildman–Crippen LogP) is 3.24. The van der Waals surface area contributed by atoms with E-state index in [0.29, 0.717) is 5.56 Å². The summed E-state index contributed by atoms with van der Waals surface area (Å²) in [6.07, 6.45) is 0. The zero-order chi connectivity index (χ0) is 17.7. The highest BCUT2D eigenvalue weighted by molar-refractivity contribution is 6.37. The Labute approximate surface area is 146 Å². The summed E-state index contributed by atoms with van der Waals surface area (Å²) >= 11 is 11.7. The first kappa shape index (κ1) is 17.7. The number of hydrogen-bond donors (Lipinski definition) is 1. The molecule has 124 valence electrons. The van der Waals surface area contributed by atoms with Crippen molar-refractivity contribution in [1.29, 1.82) is 0 Å². The Kier molecular flexibility index (Phi) is 5.73. The molecule has 7 nitrogen and oxygen atoms in total. The van der Waals surface area contributed by atoms with Crippen molar-refractivity contribution in [2.24, 2.45) is 0 Å². The van der Waals surface area contributed by atoms with Crippen molar-refractivity contribution in [3.05, 3.63) is 68.2 Å². The van der Waals surface area contributed by atoms with E-state index in [1.165, 1.54) is 0 Å². The summed E-state index contributed by atoms with van der Waals surface area (Å²) in [4.78, 5) is 33.6. The van der Waals surface area contributed by atoms with Crippen LogP contribution in [0.1, 0.15) is 10.4 Å². The minimum atomic E-state index is -0.822. The van der Waals surface area contributed by atoms with Crippen LogP contribution in [0.5, 0.6) is 5.75 Å². The molecule has 2 aromatic rings. The average Bonchev–Trinajstić information content (AvgIpc) is 2.56. The van der Waals surface area contributed by atoms with Gasteiger partial charge in [0.05, 0.1) is 15.0 Å². The normalized spacial score (nSPS) is 10.1.